The Kier molecular flexibility index (Phi) is 6.14. The van der Waals surface area contributed by atoms with Crippen LogP contribution in [0.2, 0.25) is 0 Å². The number of aliphatic hydroxyl groups is 1. The number of carbonyl (C=O) groups excluding carboxylic acids is 1. The van der Waals surface area contributed by atoms with E-state index < -0.39 is 15.4 Å². The van der Waals surface area contributed by atoms with Crippen molar-refractivity contribution in [2.24, 2.45) is 10.3 Å². The highest BCUT2D eigenvalue weighted by Gasteiger charge is 2.46. The van der Waals surface area contributed by atoms with Crippen molar-refractivity contribution in [1.82, 2.24) is 0 Å². The fourth-order valence-electron chi connectivity index (χ4n) is 4.14. The van der Waals surface area contributed by atoms with E-state index in [1.807, 2.05) is 19.1 Å². The quantitative estimate of drug-likeness (QED) is 0.561. The molecular formula is C23H26ClN3O4S. The first-order chi connectivity index (χ1) is 14.5. The third-order valence-corrected chi connectivity index (χ3v) is 7.26. The lowest BCUT2D eigenvalue weighted by Gasteiger charge is -2.36. The van der Waals surface area contributed by atoms with E-state index in [1.54, 1.807) is 18.2 Å². The molecule has 7 nitrogen and oxygen atoms in total. The number of ketones is 1. The number of aliphatic hydroxyl groups excluding tert-OH is 1. The normalized spacial score (nSPS) is 21.2. The van der Waals surface area contributed by atoms with Crippen LogP contribution in [0, 0.1) is 5.92 Å². The number of anilines is 2. The van der Waals surface area contributed by atoms with Crippen LogP contribution in [0.5, 0.6) is 0 Å². The zero-order chi connectivity index (χ0) is 22.6. The number of nitrogen functional groups attached to an aromatic ring is 1. The van der Waals surface area contributed by atoms with Gasteiger partial charge in [0, 0.05) is 11.3 Å². The smallest absolute Gasteiger partial charge is 0.286 e. The van der Waals surface area contributed by atoms with Crippen LogP contribution in [0.25, 0.3) is 5.76 Å². The molecule has 0 radical (unpaired) electrons. The third-order valence-electron chi connectivity index (χ3n) is 5.95. The Bertz CT molecular complexity index is 1270. The highest BCUT2D eigenvalue weighted by molar-refractivity contribution is 7.90. The Morgan fingerprint density at radius 2 is 1.88 bits per heavy atom. The van der Waals surface area contributed by atoms with Crippen LogP contribution in [0.3, 0.4) is 0 Å². The number of nitrogens with one attached hydrogen (secondary N) is 1. The average molecular weight is 476 g/mol. The number of hydrogen-bond donors (Lipinski definition) is 3. The SMILES string of the molecule is CC(C)CC[C@]1(C)C(=O)C(C2=NS(=O)(=O)c3cc(N)ccc3N2)=C(O)c2ccccc21.Cl. The molecule has 1 aliphatic heterocycles. The lowest BCUT2D eigenvalue weighted by molar-refractivity contribution is -0.120. The summed E-state index contributed by atoms with van der Waals surface area (Å²) in [5, 5.41) is 14.0. The minimum Gasteiger partial charge on any atom is -0.506 e. The summed E-state index contributed by atoms with van der Waals surface area (Å²) < 4.78 is 29.5. The average Bonchev–Trinajstić information content (AvgIpc) is 2.71. The molecule has 2 aromatic carbocycles. The van der Waals surface area contributed by atoms with Crippen molar-refractivity contribution in [2.75, 3.05) is 11.1 Å². The molecule has 0 unspecified atom stereocenters. The van der Waals surface area contributed by atoms with E-state index in [9.17, 15) is 18.3 Å². The summed E-state index contributed by atoms with van der Waals surface area (Å²) in [5.74, 6) is -0.430. The number of rotatable bonds is 4. The minimum atomic E-state index is -4.10. The van der Waals surface area contributed by atoms with Crippen molar-refractivity contribution in [2.45, 2.75) is 43.9 Å². The fourth-order valence-corrected chi connectivity index (χ4v) is 5.30. The molecule has 1 atom stereocenters. The van der Waals surface area contributed by atoms with Gasteiger partial charge in [0.2, 0.25) is 0 Å². The largest absolute Gasteiger partial charge is 0.506 e. The van der Waals surface area contributed by atoms with E-state index in [4.69, 9.17) is 5.73 Å². The molecule has 1 heterocycles. The molecular weight excluding hydrogens is 450 g/mol. The number of halogens is 1. The van der Waals surface area contributed by atoms with Gasteiger partial charge in [-0.2, -0.15) is 8.42 Å². The van der Waals surface area contributed by atoms with Gasteiger partial charge < -0.3 is 16.2 Å². The molecule has 1 aliphatic carbocycles. The standard InChI is InChI=1S/C23H25N3O4S.ClH/c1-13(2)10-11-23(3)16-7-5-4-6-15(16)20(27)19(21(23)28)22-25-17-9-8-14(24)12-18(17)31(29,30)26-22;/h4-9,12-13,27H,10-11,24H2,1-3H3,(H,25,26);1H/t23-;/m0./s1. The maximum absolute atomic E-state index is 13.8. The number of sulfonamides is 1. The molecule has 170 valence electrons. The molecule has 9 heteroatoms. The van der Waals surface area contributed by atoms with Gasteiger partial charge in [-0.05, 0) is 49.4 Å². The number of benzene rings is 2. The van der Waals surface area contributed by atoms with Gasteiger partial charge in [0.25, 0.3) is 10.0 Å². The Labute approximate surface area is 193 Å². The summed E-state index contributed by atoms with van der Waals surface area (Å²) in [5.41, 5.74) is 6.48. The maximum atomic E-state index is 13.8. The van der Waals surface area contributed by atoms with Crippen molar-refractivity contribution in [1.29, 1.82) is 0 Å². The number of carbonyl (C=O) groups is 1. The van der Waals surface area contributed by atoms with Gasteiger partial charge in [-0.25, -0.2) is 0 Å². The van der Waals surface area contributed by atoms with Crippen LogP contribution in [-0.2, 0) is 20.2 Å². The van der Waals surface area contributed by atoms with Gasteiger partial charge in [0.15, 0.2) is 11.6 Å². The first-order valence-corrected chi connectivity index (χ1v) is 11.6. The van der Waals surface area contributed by atoms with Gasteiger partial charge in [-0.3, -0.25) is 4.79 Å². The van der Waals surface area contributed by atoms with Crippen LogP contribution in [0.15, 0.2) is 57.3 Å². The van der Waals surface area contributed by atoms with Crippen molar-refractivity contribution in [3.63, 3.8) is 0 Å². The van der Waals surface area contributed by atoms with Crippen molar-refractivity contribution in [3.8, 4) is 0 Å². The molecule has 0 amide bonds. The summed E-state index contributed by atoms with van der Waals surface area (Å²) in [7, 11) is -4.10. The molecule has 0 fully saturated rings. The predicted octanol–water partition coefficient (Wildman–Crippen LogP) is 4.45. The van der Waals surface area contributed by atoms with Crippen LogP contribution in [0.1, 0.15) is 44.7 Å². The van der Waals surface area contributed by atoms with Gasteiger partial charge in [0.1, 0.15) is 16.2 Å². The fraction of sp³-hybridized carbons (Fsp3) is 0.304. The summed E-state index contributed by atoms with van der Waals surface area (Å²) >= 11 is 0. The second kappa shape index (κ2) is 8.26. The number of nitrogens with zero attached hydrogens (tertiary/aromatic N) is 1. The number of amidine groups is 1. The first-order valence-electron chi connectivity index (χ1n) is 10.1. The molecule has 32 heavy (non-hydrogen) atoms. The van der Waals surface area contributed by atoms with E-state index in [-0.39, 0.29) is 51.6 Å². The molecule has 4 rings (SSSR count). The van der Waals surface area contributed by atoms with Crippen molar-refractivity contribution >= 4 is 51.2 Å². The van der Waals surface area contributed by atoms with Gasteiger partial charge in [-0.15, -0.1) is 16.8 Å². The zero-order valence-corrected chi connectivity index (χ0v) is 19.7. The summed E-state index contributed by atoms with van der Waals surface area (Å²) in [4.78, 5) is 13.7. The second-order valence-electron chi connectivity index (χ2n) is 8.66. The Morgan fingerprint density at radius 3 is 2.56 bits per heavy atom. The minimum absolute atomic E-state index is 0. The van der Waals surface area contributed by atoms with Crippen LogP contribution in [-0.4, -0.2) is 25.1 Å². The molecule has 0 bridgehead atoms. The number of fused-ring (bicyclic) bond motifs is 2. The van der Waals surface area contributed by atoms with E-state index in [0.29, 0.717) is 17.9 Å². The summed E-state index contributed by atoms with van der Waals surface area (Å²) in [6.07, 6.45) is 1.36. The van der Waals surface area contributed by atoms with E-state index in [1.165, 1.54) is 12.1 Å². The lowest BCUT2D eigenvalue weighted by atomic mass is 9.66. The van der Waals surface area contributed by atoms with Gasteiger partial charge in [-0.1, -0.05) is 38.1 Å². The Morgan fingerprint density at radius 1 is 1.19 bits per heavy atom. The molecule has 2 aromatic rings. The Balaban J connectivity index is 0.00000289. The van der Waals surface area contributed by atoms with Crippen LogP contribution >= 0.6 is 12.4 Å². The molecule has 4 N–H and O–H groups in total. The lowest BCUT2D eigenvalue weighted by Crippen LogP contribution is -2.42. The molecule has 0 saturated heterocycles. The molecule has 2 aliphatic rings. The topological polar surface area (TPSA) is 122 Å². The number of nitrogens with two attached hydrogens (primary N) is 1. The monoisotopic (exact) mass is 475 g/mol. The van der Waals surface area contributed by atoms with Crippen molar-refractivity contribution in [3.05, 3.63) is 59.2 Å². The van der Waals surface area contributed by atoms with Gasteiger partial charge >= 0.3 is 0 Å². The van der Waals surface area contributed by atoms with Crippen LogP contribution < -0.4 is 11.1 Å². The second-order valence-corrected chi connectivity index (χ2v) is 10.2. The maximum Gasteiger partial charge on any atom is 0.286 e. The van der Waals surface area contributed by atoms with E-state index >= 15 is 0 Å². The number of hydrogen-bond acceptors (Lipinski definition) is 6. The Hall–Kier alpha value is -2.84. The zero-order valence-electron chi connectivity index (χ0n) is 18.0. The first kappa shape index (κ1) is 23.8. The molecule has 0 aromatic heterocycles. The van der Waals surface area contributed by atoms with E-state index in [2.05, 4.69) is 23.6 Å². The van der Waals surface area contributed by atoms with Crippen molar-refractivity contribution < 1.29 is 18.3 Å². The summed E-state index contributed by atoms with van der Waals surface area (Å²) in [6, 6.07) is 11.6. The predicted molar refractivity (Wildman–Crippen MR) is 129 cm³/mol. The highest BCUT2D eigenvalue weighted by Crippen LogP contribution is 2.44. The number of Topliss-reactive ketones (excluding diaryl/α,β-unsaturated/α-hetero) is 1. The highest BCUT2D eigenvalue weighted by atomic mass is 35.5. The van der Waals surface area contributed by atoms with Crippen LogP contribution in [0.4, 0.5) is 11.4 Å². The van der Waals surface area contributed by atoms with Gasteiger partial charge in [0.05, 0.1) is 11.1 Å². The van der Waals surface area contributed by atoms with E-state index in [0.717, 1.165) is 12.0 Å². The molecule has 0 saturated carbocycles. The summed E-state index contributed by atoms with van der Waals surface area (Å²) in [6.45, 7) is 6.01. The molecule has 0 spiro atoms. The third kappa shape index (κ3) is 3.78.